The molecular formula is C19H19NOS. The fourth-order valence-electron chi connectivity index (χ4n) is 2.91. The van der Waals surface area contributed by atoms with Crippen molar-refractivity contribution in [1.82, 2.24) is 4.90 Å². The van der Waals surface area contributed by atoms with Crippen LogP contribution in [0.15, 0.2) is 60.7 Å². The molecule has 2 aromatic rings. The first-order valence-corrected chi connectivity index (χ1v) is 8.51. The Kier molecular flexibility index (Phi) is 3.83. The van der Waals surface area contributed by atoms with Gasteiger partial charge < -0.3 is 4.90 Å². The molecule has 0 fully saturated rings. The lowest BCUT2D eigenvalue weighted by Crippen LogP contribution is -2.41. The molecular weight excluding hydrogens is 290 g/mol. The number of Topliss-reactive ketones (excluding diaryl/α,β-unsaturated/α-hetero) is 1. The SMILES string of the molecule is CSC1(C)C(=O)C(c2ccccc2)=C(c2ccccc2)N1C. The minimum atomic E-state index is -0.559. The zero-order chi connectivity index (χ0) is 15.7. The molecule has 3 rings (SSSR count). The van der Waals surface area contributed by atoms with E-state index in [0.29, 0.717) is 0 Å². The smallest absolute Gasteiger partial charge is 0.201 e. The van der Waals surface area contributed by atoms with Crippen molar-refractivity contribution in [2.75, 3.05) is 13.3 Å². The largest absolute Gasteiger partial charge is 0.352 e. The number of carbonyl (C=O) groups is 1. The second kappa shape index (κ2) is 5.65. The second-order valence-electron chi connectivity index (χ2n) is 5.53. The number of rotatable bonds is 3. The molecule has 22 heavy (non-hydrogen) atoms. The molecule has 112 valence electrons. The Hall–Kier alpha value is -2.00. The standard InChI is InChI=1S/C19H19NOS/c1-19(22-3)18(21)16(14-10-6-4-7-11-14)17(20(19)2)15-12-8-5-9-13-15/h4-13H,1-3H3. The van der Waals surface area contributed by atoms with Gasteiger partial charge in [0.25, 0.3) is 0 Å². The van der Waals surface area contributed by atoms with Gasteiger partial charge in [-0.15, -0.1) is 11.8 Å². The van der Waals surface area contributed by atoms with E-state index in [1.807, 2.05) is 68.8 Å². The van der Waals surface area contributed by atoms with Crippen molar-refractivity contribution in [2.45, 2.75) is 11.8 Å². The molecule has 0 bridgehead atoms. The van der Waals surface area contributed by atoms with E-state index in [1.165, 1.54) is 0 Å². The van der Waals surface area contributed by atoms with Gasteiger partial charge in [0.15, 0.2) is 0 Å². The van der Waals surface area contributed by atoms with Crippen molar-refractivity contribution in [3.05, 3.63) is 71.8 Å². The van der Waals surface area contributed by atoms with Gasteiger partial charge in [0.2, 0.25) is 5.78 Å². The second-order valence-corrected chi connectivity index (χ2v) is 6.73. The van der Waals surface area contributed by atoms with Gasteiger partial charge in [0.1, 0.15) is 4.87 Å². The van der Waals surface area contributed by atoms with Crippen LogP contribution in [0.3, 0.4) is 0 Å². The van der Waals surface area contributed by atoms with E-state index in [9.17, 15) is 4.79 Å². The summed E-state index contributed by atoms with van der Waals surface area (Å²) < 4.78 is 0. The van der Waals surface area contributed by atoms with Crippen molar-refractivity contribution in [2.24, 2.45) is 0 Å². The maximum atomic E-state index is 13.1. The molecule has 0 N–H and O–H groups in total. The highest BCUT2D eigenvalue weighted by atomic mass is 32.2. The van der Waals surface area contributed by atoms with Gasteiger partial charge in [-0.1, -0.05) is 60.7 Å². The normalized spacial score (nSPS) is 21.6. The van der Waals surface area contributed by atoms with Crippen LogP contribution >= 0.6 is 11.8 Å². The number of hydrogen-bond donors (Lipinski definition) is 0. The van der Waals surface area contributed by atoms with E-state index in [2.05, 4.69) is 17.0 Å². The summed E-state index contributed by atoms with van der Waals surface area (Å²) in [4.78, 5) is 14.7. The van der Waals surface area contributed by atoms with E-state index in [-0.39, 0.29) is 5.78 Å². The first kappa shape index (κ1) is 14.9. The van der Waals surface area contributed by atoms with Crippen LogP contribution < -0.4 is 0 Å². The lowest BCUT2D eigenvalue weighted by Gasteiger charge is -2.32. The monoisotopic (exact) mass is 309 g/mol. The van der Waals surface area contributed by atoms with Gasteiger partial charge in [0, 0.05) is 7.05 Å². The van der Waals surface area contributed by atoms with Crippen LogP contribution in [0, 0.1) is 0 Å². The van der Waals surface area contributed by atoms with E-state index in [4.69, 9.17) is 0 Å². The average molecular weight is 309 g/mol. The third-order valence-electron chi connectivity index (χ3n) is 4.37. The molecule has 0 aromatic heterocycles. The van der Waals surface area contributed by atoms with E-state index in [1.54, 1.807) is 11.8 Å². The number of carbonyl (C=O) groups excluding carboxylic acids is 1. The lowest BCUT2D eigenvalue weighted by molar-refractivity contribution is -0.117. The van der Waals surface area contributed by atoms with Crippen LogP contribution in [-0.2, 0) is 4.79 Å². The molecule has 0 saturated heterocycles. The highest BCUT2D eigenvalue weighted by molar-refractivity contribution is 8.00. The molecule has 0 saturated carbocycles. The van der Waals surface area contributed by atoms with Gasteiger partial charge in [-0.05, 0) is 24.3 Å². The molecule has 0 aliphatic carbocycles. The minimum absolute atomic E-state index is 0.174. The van der Waals surface area contributed by atoms with Crippen molar-refractivity contribution in [1.29, 1.82) is 0 Å². The average Bonchev–Trinajstić information content (AvgIpc) is 2.78. The van der Waals surface area contributed by atoms with Crippen molar-refractivity contribution in [3.8, 4) is 0 Å². The summed E-state index contributed by atoms with van der Waals surface area (Å²) >= 11 is 1.58. The Morgan fingerprint density at radius 2 is 1.41 bits per heavy atom. The zero-order valence-electron chi connectivity index (χ0n) is 13.0. The molecule has 1 aliphatic rings. The molecule has 2 aromatic carbocycles. The number of benzene rings is 2. The Balaban J connectivity index is 2.26. The first-order chi connectivity index (χ1) is 10.6. The van der Waals surface area contributed by atoms with Crippen LogP contribution in [-0.4, -0.2) is 28.9 Å². The molecule has 2 nitrogen and oxygen atoms in total. The fourth-order valence-corrected chi connectivity index (χ4v) is 3.56. The predicted molar refractivity (Wildman–Crippen MR) is 94.4 cm³/mol. The number of likely N-dealkylation sites (N-methyl/N-ethyl adjacent to an activating group) is 1. The van der Waals surface area contributed by atoms with Crippen LogP contribution in [0.4, 0.5) is 0 Å². The fraction of sp³-hybridized carbons (Fsp3) is 0.211. The molecule has 0 amide bonds. The van der Waals surface area contributed by atoms with Gasteiger partial charge in [-0.25, -0.2) is 0 Å². The van der Waals surface area contributed by atoms with Crippen LogP contribution in [0.5, 0.6) is 0 Å². The summed E-state index contributed by atoms with van der Waals surface area (Å²) in [5.41, 5.74) is 3.88. The Bertz CT molecular complexity index is 724. The van der Waals surface area contributed by atoms with Gasteiger partial charge in [-0.2, -0.15) is 0 Å². The number of nitrogens with zero attached hydrogens (tertiary/aromatic N) is 1. The maximum absolute atomic E-state index is 13.1. The molecule has 1 unspecified atom stereocenters. The Morgan fingerprint density at radius 3 is 1.91 bits per heavy atom. The third kappa shape index (κ3) is 2.17. The first-order valence-electron chi connectivity index (χ1n) is 7.28. The van der Waals surface area contributed by atoms with Crippen molar-refractivity contribution < 1.29 is 4.79 Å². The Morgan fingerprint density at radius 1 is 0.909 bits per heavy atom. The van der Waals surface area contributed by atoms with E-state index >= 15 is 0 Å². The topological polar surface area (TPSA) is 20.3 Å². The molecule has 1 heterocycles. The number of hydrogen-bond acceptors (Lipinski definition) is 3. The maximum Gasteiger partial charge on any atom is 0.201 e. The molecule has 3 heteroatoms. The molecule has 1 aliphatic heterocycles. The predicted octanol–water partition coefficient (Wildman–Crippen LogP) is 4.15. The van der Waals surface area contributed by atoms with Gasteiger partial charge >= 0.3 is 0 Å². The number of ketones is 1. The van der Waals surface area contributed by atoms with Crippen LogP contribution in [0.2, 0.25) is 0 Å². The zero-order valence-corrected chi connectivity index (χ0v) is 13.9. The lowest BCUT2D eigenvalue weighted by atomic mass is 9.97. The van der Waals surface area contributed by atoms with Crippen molar-refractivity contribution >= 4 is 28.8 Å². The van der Waals surface area contributed by atoms with Gasteiger partial charge in [-0.3, -0.25) is 4.79 Å². The van der Waals surface area contributed by atoms with E-state index < -0.39 is 4.87 Å². The van der Waals surface area contributed by atoms with Crippen molar-refractivity contribution in [3.63, 3.8) is 0 Å². The molecule has 1 atom stereocenters. The highest BCUT2D eigenvalue weighted by Gasteiger charge is 2.47. The summed E-state index contributed by atoms with van der Waals surface area (Å²) in [5.74, 6) is 0.174. The van der Waals surface area contributed by atoms with Gasteiger partial charge in [0.05, 0.1) is 11.3 Å². The minimum Gasteiger partial charge on any atom is -0.352 e. The summed E-state index contributed by atoms with van der Waals surface area (Å²) in [5, 5.41) is 0. The quantitative estimate of drug-likeness (QED) is 0.849. The highest BCUT2D eigenvalue weighted by Crippen LogP contribution is 2.46. The number of thioether (sulfide) groups is 1. The Labute approximate surface area is 135 Å². The van der Waals surface area contributed by atoms with E-state index in [0.717, 1.165) is 22.4 Å². The molecule has 0 spiro atoms. The summed E-state index contributed by atoms with van der Waals surface area (Å²) in [6.45, 7) is 2.00. The third-order valence-corrected chi connectivity index (χ3v) is 5.62. The molecule has 0 radical (unpaired) electrons. The van der Waals surface area contributed by atoms with Crippen LogP contribution in [0.25, 0.3) is 11.3 Å². The van der Waals surface area contributed by atoms with Crippen LogP contribution in [0.1, 0.15) is 18.1 Å². The summed E-state index contributed by atoms with van der Waals surface area (Å²) in [6.07, 6.45) is 1.99. The summed E-state index contributed by atoms with van der Waals surface area (Å²) in [7, 11) is 2.01. The summed E-state index contributed by atoms with van der Waals surface area (Å²) in [6, 6.07) is 20.1.